The molecule has 2 aromatic carbocycles. The summed E-state index contributed by atoms with van der Waals surface area (Å²) in [5, 5.41) is 3.00. The average Bonchev–Trinajstić information content (AvgIpc) is 3.26. The lowest BCUT2D eigenvalue weighted by atomic mass is 10.1. The zero-order chi connectivity index (χ0) is 24.3. The Morgan fingerprint density at radius 3 is 2.06 bits per heavy atom. The smallest absolute Gasteiger partial charge is 0.416 e. The Bertz CT molecular complexity index is 1070. The van der Waals surface area contributed by atoms with Gasteiger partial charge in [-0.15, -0.1) is 11.3 Å². The summed E-state index contributed by atoms with van der Waals surface area (Å²) in [6.07, 6.45) is -6.10. The Labute approximate surface area is 197 Å². The van der Waals surface area contributed by atoms with Gasteiger partial charge in [0, 0.05) is 10.9 Å². The van der Waals surface area contributed by atoms with E-state index in [9.17, 15) is 26.3 Å². The van der Waals surface area contributed by atoms with E-state index in [2.05, 4.69) is 9.88 Å². The summed E-state index contributed by atoms with van der Waals surface area (Å²) in [5.41, 5.74) is -1.27. The van der Waals surface area contributed by atoms with Crippen LogP contribution in [-0.4, -0.2) is 23.0 Å². The van der Waals surface area contributed by atoms with Crippen LogP contribution in [0.15, 0.2) is 47.8 Å². The van der Waals surface area contributed by atoms with Crippen molar-refractivity contribution in [1.29, 1.82) is 0 Å². The topological polar surface area (TPSA) is 25.4 Å². The molecule has 1 fully saturated rings. The Morgan fingerprint density at radius 2 is 1.47 bits per heavy atom. The maximum Gasteiger partial charge on any atom is 0.416 e. The van der Waals surface area contributed by atoms with Crippen molar-refractivity contribution in [2.24, 2.45) is 0 Å². The van der Waals surface area contributed by atoms with Gasteiger partial charge in [0.25, 0.3) is 0 Å². The molecule has 4 rings (SSSR count). The molecule has 0 spiro atoms. The Hall–Kier alpha value is -2.59. The molecule has 3 nitrogen and oxygen atoms in total. The van der Waals surface area contributed by atoms with E-state index < -0.39 is 30.1 Å². The third kappa shape index (κ3) is 6.29. The lowest BCUT2D eigenvalue weighted by molar-refractivity contribution is -0.143. The lowest BCUT2D eigenvalue weighted by Gasteiger charge is -2.25. The van der Waals surface area contributed by atoms with Crippen LogP contribution in [0.5, 0.6) is 5.75 Å². The van der Waals surface area contributed by atoms with Crippen molar-refractivity contribution in [2.75, 3.05) is 13.1 Å². The summed E-state index contributed by atoms with van der Waals surface area (Å²) in [4.78, 5) is 7.08. The average molecular weight is 501 g/mol. The van der Waals surface area contributed by atoms with Gasteiger partial charge in [0.2, 0.25) is 0 Å². The zero-order valence-corrected chi connectivity index (χ0v) is 18.9. The number of rotatable bonds is 6. The molecule has 1 aromatic heterocycles. The van der Waals surface area contributed by atoms with E-state index in [4.69, 9.17) is 4.74 Å². The molecule has 0 bridgehead atoms. The molecule has 0 aliphatic carbocycles. The number of hydrogen-bond donors (Lipinski definition) is 0. The van der Waals surface area contributed by atoms with Crippen LogP contribution < -0.4 is 4.74 Å². The first-order chi connectivity index (χ1) is 16.1. The summed E-state index contributed by atoms with van der Waals surface area (Å²) in [7, 11) is 0. The molecule has 182 valence electrons. The minimum Gasteiger partial charge on any atom is -0.489 e. The van der Waals surface area contributed by atoms with Crippen molar-refractivity contribution in [3.63, 3.8) is 0 Å². The normalized spacial score (nSPS) is 15.5. The number of aromatic nitrogens is 1. The van der Waals surface area contributed by atoms with Crippen molar-refractivity contribution in [1.82, 2.24) is 9.88 Å². The molecule has 1 saturated heterocycles. The molecule has 0 saturated carbocycles. The third-order valence-electron chi connectivity index (χ3n) is 5.56. The summed E-state index contributed by atoms with van der Waals surface area (Å²) < 4.78 is 83.6. The van der Waals surface area contributed by atoms with Gasteiger partial charge in [0.15, 0.2) is 0 Å². The first-order valence-electron chi connectivity index (χ1n) is 10.8. The number of thiazole rings is 1. The van der Waals surface area contributed by atoms with Crippen LogP contribution >= 0.6 is 11.3 Å². The van der Waals surface area contributed by atoms with Crippen molar-refractivity contribution in [3.8, 4) is 17.0 Å². The molecule has 1 aliphatic rings. The van der Waals surface area contributed by atoms with Gasteiger partial charge in [-0.1, -0.05) is 6.42 Å². The molecule has 0 N–H and O–H groups in total. The summed E-state index contributed by atoms with van der Waals surface area (Å²) in [5.74, 6) is 0.332. The van der Waals surface area contributed by atoms with Gasteiger partial charge in [0.05, 0.1) is 23.4 Å². The number of halogens is 6. The second kappa shape index (κ2) is 9.95. The fourth-order valence-corrected chi connectivity index (χ4v) is 4.66. The number of hydrogen-bond acceptors (Lipinski definition) is 4. The Morgan fingerprint density at radius 1 is 0.853 bits per heavy atom. The van der Waals surface area contributed by atoms with Crippen LogP contribution in [0.4, 0.5) is 26.3 Å². The fraction of sp³-hybridized carbons (Fsp3) is 0.375. The largest absolute Gasteiger partial charge is 0.489 e. The lowest BCUT2D eigenvalue weighted by Crippen LogP contribution is -2.28. The van der Waals surface area contributed by atoms with Gasteiger partial charge < -0.3 is 4.74 Å². The Balaban J connectivity index is 1.42. The molecule has 34 heavy (non-hydrogen) atoms. The third-order valence-corrected chi connectivity index (χ3v) is 6.40. The second-order valence-electron chi connectivity index (χ2n) is 8.19. The highest BCUT2D eigenvalue weighted by Crippen LogP contribution is 2.36. The van der Waals surface area contributed by atoms with Gasteiger partial charge in [-0.2, -0.15) is 26.3 Å². The van der Waals surface area contributed by atoms with Gasteiger partial charge in [-0.25, -0.2) is 4.98 Å². The second-order valence-corrected chi connectivity index (χ2v) is 9.13. The molecular weight excluding hydrogens is 478 g/mol. The van der Waals surface area contributed by atoms with E-state index in [0.717, 1.165) is 35.9 Å². The summed E-state index contributed by atoms with van der Waals surface area (Å²) >= 11 is 1.59. The quantitative estimate of drug-likeness (QED) is 0.330. The number of likely N-dealkylation sites (tertiary alicyclic amines) is 1. The van der Waals surface area contributed by atoms with E-state index in [1.54, 1.807) is 35.6 Å². The molecule has 0 atom stereocenters. The van der Waals surface area contributed by atoms with E-state index >= 15 is 0 Å². The van der Waals surface area contributed by atoms with Crippen molar-refractivity contribution >= 4 is 11.3 Å². The van der Waals surface area contributed by atoms with Crippen LogP contribution in [0.3, 0.4) is 0 Å². The number of benzene rings is 2. The maximum atomic E-state index is 13.0. The fourth-order valence-electron chi connectivity index (χ4n) is 3.82. The number of ether oxygens (including phenoxy) is 1. The van der Waals surface area contributed by atoms with Gasteiger partial charge >= 0.3 is 12.4 Å². The van der Waals surface area contributed by atoms with Crippen LogP contribution in [0.2, 0.25) is 0 Å². The first-order valence-corrected chi connectivity index (χ1v) is 11.6. The van der Waals surface area contributed by atoms with Crippen molar-refractivity contribution in [2.45, 2.75) is 44.8 Å². The highest BCUT2D eigenvalue weighted by molar-refractivity contribution is 7.09. The number of alkyl halides is 6. The van der Waals surface area contributed by atoms with Gasteiger partial charge in [-0.05, 0) is 74.0 Å². The maximum absolute atomic E-state index is 13.0. The molecule has 2 heterocycles. The van der Waals surface area contributed by atoms with Crippen molar-refractivity contribution < 1.29 is 31.1 Å². The highest BCUT2D eigenvalue weighted by Gasteiger charge is 2.36. The molecule has 10 heteroatoms. The number of nitrogens with zero attached hydrogens (tertiary/aromatic N) is 2. The van der Waals surface area contributed by atoms with Crippen LogP contribution in [0, 0.1) is 0 Å². The summed E-state index contributed by atoms with van der Waals surface area (Å²) in [6, 6.07) is 8.22. The van der Waals surface area contributed by atoms with E-state index in [1.807, 2.05) is 5.38 Å². The molecular formula is C24H22F6N2OS. The first kappa shape index (κ1) is 24.5. The van der Waals surface area contributed by atoms with E-state index in [1.165, 1.54) is 19.3 Å². The van der Waals surface area contributed by atoms with Gasteiger partial charge in [0.1, 0.15) is 17.4 Å². The monoisotopic (exact) mass is 500 g/mol. The molecule has 1 aliphatic heterocycles. The van der Waals surface area contributed by atoms with Crippen LogP contribution in [-0.2, 0) is 25.5 Å². The predicted molar refractivity (Wildman–Crippen MR) is 117 cm³/mol. The SMILES string of the molecule is FC(F)(F)c1cc(COc2ccc(-c3csc(CN4CCCCC4)n3)cc2)cc(C(F)(F)F)c1. The Kier molecular flexibility index (Phi) is 7.18. The number of piperidine rings is 1. The van der Waals surface area contributed by atoms with E-state index in [0.29, 0.717) is 17.9 Å². The zero-order valence-electron chi connectivity index (χ0n) is 18.0. The highest BCUT2D eigenvalue weighted by atomic mass is 32.1. The minimum absolute atomic E-state index is 0.103. The van der Waals surface area contributed by atoms with Crippen LogP contribution in [0.1, 0.15) is 41.0 Å². The molecule has 0 amide bonds. The molecule has 0 radical (unpaired) electrons. The molecule has 0 unspecified atom stereocenters. The van der Waals surface area contributed by atoms with Crippen LogP contribution in [0.25, 0.3) is 11.3 Å². The van der Waals surface area contributed by atoms with Gasteiger partial charge in [-0.3, -0.25) is 4.90 Å². The summed E-state index contributed by atoms with van der Waals surface area (Å²) in [6.45, 7) is 2.56. The standard InChI is InChI=1S/C24H22F6N2OS/c25-23(26,27)18-10-16(11-19(12-18)24(28,29)30)14-33-20-6-4-17(5-7-20)21-15-34-22(31-21)13-32-8-2-1-3-9-32/h4-7,10-12,15H,1-3,8-9,13-14H2. The van der Waals surface area contributed by atoms with E-state index in [-0.39, 0.29) is 11.6 Å². The van der Waals surface area contributed by atoms with Crippen molar-refractivity contribution in [3.05, 3.63) is 69.5 Å². The predicted octanol–water partition coefficient (Wildman–Crippen LogP) is 7.41. The molecule has 3 aromatic rings. The minimum atomic E-state index is -4.89.